The molecule has 1 saturated heterocycles. The van der Waals surface area contributed by atoms with Crippen molar-refractivity contribution in [1.82, 2.24) is 10.2 Å². The number of anilines is 1. The summed E-state index contributed by atoms with van der Waals surface area (Å²) in [5.41, 5.74) is 0.980. The second-order valence-electron chi connectivity index (χ2n) is 5.54. The molecule has 1 aromatic carbocycles. The molecule has 1 aliphatic rings. The number of aromatic carboxylic acids is 1. The molecule has 0 amide bonds. The Bertz CT molecular complexity index is 681. The zero-order valence-electron chi connectivity index (χ0n) is 11.8. The first-order valence-electron chi connectivity index (χ1n) is 6.94. The fraction of sp³-hybridized carbons (Fsp3) is 0.400. The van der Waals surface area contributed by atoms with Crippen LogP contribution in [0.5, 0.6) is 0 Å². The third-order valence-corrected chi connectivity index (χ3v) is 3.89. The lowest BCUT2D eigenvalue weighted by molar-refractivity contribution is 0.0655. The van der Waals surface area contributed by atoms with Crippen LogP contribution >= 0.6 is 0 Å². The second kappa shape index (κ2) is 5.29. The zero-order valence-corrected chi connectivity index (χ0v) is 11.8. The number of hydrogen-bond acceptors (Lipinski definition) is 5. The van der Waals surface area contributed by atoms with Gasteiger partial charge in [0.2, 0.25) is 0 Å². The normalized spacial score (nSPS) is 17.6. The molecule has 3 rings (SSSR count). The number of benzene rings is 1. The summed E-state index contributed by atoms with van der Waals surface area (Å²) in [7, 11) is 0. The van der Waals surface area contributed by atoms with Crippen LogP contribution in [0.4, 0.5) is 5.69 Å². The van der Waals surface area contributed by atoms with Gasteiger partial charge in [-0.1, -0.05) is 18.2 Å². The summed E-state index contributed by atoms with van der Waals surface area (Å²) in [6.07, 6.45) is 1.64. The van der Waals surface area contributed by atoms with Gasteiger partial charge in [-0.05, 0) is 25.8 Å². The average Bonchev–Trinajstić information content (AvgIpc) is 2.47. The highest BCUT2D eigenvalue weighted by atomic mass is 16.5. The summed E-state index contributed by atoms with van der Waals surface area (Å²) in [4.78, 5) is 11.4. The Hall–Kier alpha value is -2.21. The second-order valence-corrected chi connectivity index (χ2v) is 5.54. The molecule has 21 heavy (non-hydrogen) atoms. The van der Waals surface area contributed by atoms with Crippen molar-refractivity contribution in [2.45, 2.75) is 25.3 Å². The Morgan fingerprint density at radius 3 is 2.71 bits per heavy atom. The smallest absolute Gasteiger partial charge is 0.358 e. The maximum atomic E-state index is 11.4. The number of ether oxygens (including phenoxy) is 1. The van der Waals surface area contributed by atoms with Gasteiger partial charge >= 0.3 is 5.97 Å². The minimum Gasteiger partial charge on any atom is -0.476 e. The van der Waals surface area contributed by atoms with E-state index >= 15 is 0 Å². The zero-order chi connectivity index (χ0) is 14.9. The van der Waals surface area contributed by atoms with Gasteiger partial charge in [0.25, 0.3) is 0 Å². The predicted octanol–water partition coefficient (Wildman–Crippen LogP) is 2.31. The standard InChI is InChI=1S/C15H17N3O3/c1-15(6-8-21-9-7-15)16-12-10-4-2-3-5-11(10)17-18-13(12)14(19)20/h2-5H,6-9H2,1H3,(H,16,17)(H,19,20). The SMILES string of the molecule is CC1(Nc2c(C(=O)O)nnc3ccccc23)CCOCC1. The Morgan fingerprint density at radius 2 is 2.00 bits per heavy atom. The molecule has 0 spiro atoms. The van der Waals surface area contributed by atoms with Crippen molar-refractivity contribution in [3.63, 3.8) is 0 Å². The first-order valence-corrected chi connectivity index (χ1v) is 6.94. The lowest BCUT2D eigenvalue weighted by atomic mass is 9.91. The minimum absolute atomic E-state index is 0.0404. The molecule has 1 fully saturated rings. The van der Waals surface area contributed by atoms with Crippen LogP contribution in [0.1, 0.15) is 30.3 Å². The van der Waals surface area contributed by atoms with Gasteiger partial charge < -0.3 is 15.2 Å². The predicted molar refractivity (Wildman–Crippen MR) is 78.6 cm³/mol. The van der Waals surface area contributed by atoms with Gasteiger partial charge in [-0.15, -0.1) is 10.2 Å². The van der Waals surface area contributed by atoms with Crippen LogP contribution in [-0.2, 0) is 4.74 Å². The van der Waals surface area contributed by atoms with Gasteiger partial charge in [-0.25, -0.2) is 4.79 Å². The summed E-state index contributed by atoms with van der Waals surface area (Å²) in [6, 6.07) is 7.41. The highest BCUT2D eigenvalue weighted by molar-refractivity contribution is 6.02. The maximum Gasteiger partial charge on any atom is 0.358 e. The summed E-state index contributed by atoms with van der Waals surface area (Å²) in [5.74, 6) is -1.08. The molecule has 2 aromatic rings. The third-order valence-electron chi connectivity index (χ3n) is 3.89. The Balaban J connectivity index is 2.10. The molecular formula is C15H17N3O3. The van der Waals surface area contributed by atoms with Crippen LogP contribution in [0.3, 0.4) is 0 Å². The quantitative estimate of drug-likeness (QED) is 0.901. The number of aromatic nitrogens is 2. The highest BCUT2D eigenvalue weighted by Crippen LogP contribution is 2.31. The first kappa shape index (κ1) is 13.8. The molecule has 1 aliphatic heterocycles. The monoisotopic (exact) mass is 287 g/mol. The fourth-order valence-corrected chi connectivity index (χ4v) is 2.58. The maximum absolute atomic E-state index is 11.4. The van der Waals surface area contributed by atoms with Crippen LogP contribution in [0.25, 0.3) is 10.9 Å². The topological polar surface area (TPSA) is 84.3 Å². The van der Waals surface area contributed by atoms with E-state index in [1.165, 1.54) is 0 Å². The number of carboxylic acids is 1. The number of rotatable bonds is 3. The van der Waals surface area contributed by atoms with Crippen LogP contribution < -0.4 is 5.32 Å². The molecule has 0 aliphatic carbocycles. The van der Waals surface area contributed by atoms with E-state index in [1.807, 2.05) is 24.3 Å². The van der Waals surface area contributed by atoms with Gasteiger partial charge in [0.15, 0.2) is 5.69 Å². The van der Waals surface area contributed by atoms with Crippen molar-refractivity contribution in [1.29, 1.82) is 0 Å². The average molecular weight is 287 g/mol. The number of hydrogen-bond donors (Lipinski definition) is 2. The van der Waals surface area contributed by atoms with Crippen molar-refractivity contribution >= 4 is 22.6 Å². The molecule has 2 heterocycles. The van der Waals surface area contributed by atoms with Crippen molar-refractivity contribution in [2.75, 3.05) is 18.5 Å². The molecule has 0 bridgehead atoms. The fourth-order valence-electron chi connectivity index (χ4n) is 2.58. The minimum atomic E-state index is -1.08. The van der Waals surface area contributed by atoms with Crippen molar-refractivity contribution in [3.05, 3.63) is 30.0 Å². The van der Waals surface area contributed by atoms with E-state index in [9.17, 15) is 9.90 Å². The van der Waals surface area contributed by atoms with Gasteiger partial charge in [0.1, 0.15) is 0 Å². The van der Waals surface area contributed by atoms with E-state index in [4.69, 9.17) is 4.74 Å². The Labute approximate surface area is 122 Å². The molecule has 0 unspecified atom stereocenters. The van der Waals surface area contributed by atoms with Gasteiger partial charge in [0.05, 0.1) is 11.2 Å². The molecule has 6 nitrogen and oxygen atoms in total. The largest absolute Gasteiger partial charge is 0.476 e. The lowest BCUT2D eigenvalue weighted by Crippen LogP contribution is -2.41. The lowest BCUT2D eigenvalue weighted by Gasteiger charge is -2.35. The first-order chi connectivity index (χ1) is 10.1. The summed E-state index contributed by atoms with van der Waals surface area (Å²) < 4.78 is 5.38. The molecule has 0 atom stereocenters. The van der Waals surface area contributed by atoms with Gasteiger partial charge in [0, 0.05) is 24.1 Å². The molecule has 0 radical (unpaired) electrons. The molecule has 110 valence electrons. The number of carbonyl (C=O) groups is 1. The Morgan fingerprint density at radius 1 is 1.29 bits per heavy atom. The molecule has 6 heteroatoms. The Kier molecular flexibility index (Phi) is 3.47. The molecule has 0 saturated carbocycles. The number of nitrogens with one attached hydrogen (secondary N) is 1. The van der Waals surface area contributed by atoms with Crippen molar-refractivity contribution in [2.24, 2.45) is 0 Å². The van der Waals surface area contributed by atoms with E-state index in [-0.39, 0.29) is 11.2 Å². The summed E-state index contributed by atoms with van der Waals surface area (Å²) in [6.45, 7) is 3.42. The molecule has 2 N–H and O–H groups in total. The van der Waals surface area contributed by atoms with Crippen LogP contribution in [-0.4, -0.2) is 40.0 Å². The van der Waals surface area contributed by atoms with E-state index in [0.717, 1.165) is 18.2 Å². The number of fused-ring (bicyclic) bond motifs is 1. The number of carboxylic acid groups (broad SMARTS) is 1. The van der Waals surface area contributed by atoms with Gasteiger partial charge in [-0.2, -0.15) is 0 Å². The van der Waals surface area contributed by atoms with E-state index in [1.54, 1.807) is 0 Å². The molecule has 1 aromatic heterocycles. The van der Waals surface area contributed by atoms with Gasteiger partial charge in [-0.3, -0.25) is 0 Å². The summed E-state index contributed by atoms with van der Waals surface area (Å²) in [5, 5.41) is 21.4. The van der Waals surface area contributed by atoms with E-state index in [2.05, 4.69) is 22.4 Å². The number of nitrogens with zero attached hydrogens (tertiary/aromatic N) is 2. The highest BCUT2D eigenvalue weighted by Gasteiger charge is 2.30. The van der Waals surface area contributed by atoms with Crippen LogP contribution in [0.15, 0.2) is 24.3 Å². The van der Waals surface area contributed by atoms with Crippen molar-refractivity contribution < 1.29 is 14.6 Å². The third kappa shape index (κ3) is 2.67. The molecular weight excluding hydrogens is 270 g/mol. The van der Waals surface area contributed by atoms with E-state index in [0.29, 0.717) is 24.4 Å². The summed E-state index contributed by atoms with van der Waals surface area (Å²) >= 11 is 0. The van der Waals surface area contributed by atoms with Crippen molar-refractivity contribution in [3.8, 4) is 0 Å². The van der Waals surface area contributed by atoms with Crippen LogP contribution in [0.2, 0.25) is 0 Å². The van der Waals surface area contributed by atoms with E-state index < -0.39 is 5.97 Å². The van der Waals surface area contributed by atoms with Crippen LogP contribution in [0, 0.1) is 0 Å².